The zero-order valence-corrected chi connectivity index (χ0v) is 10.2. The molecule has 1 heterocycles. The first-order valence-corrected chi connectivity index (χ1v) is 5.91. The fraction of sp³-hybridized carbons (Fsp3) is 0.385. The number of hydrogen-bond donors (Lipinski definition) is 2. The van der Waals surface area contributed by atoms with Crippen molar-refractivity contribution in [2.24, 2.45) is 5.73 Å². The van der Waals surface area contributed by atoms with Crippen LogP contribution in [0.25, 0.3) is 0 Å². The molecular formula is C13H16N2O3. The summed E-state index contributed by atoms with van der Waals surface area (Å²) in [4.78, 5) is 24.8. The zero-order chi connectivity index (χ0) is 13.3. The third-order valence-corrected chi connectivity index (χ3v) is 3.20. The quantitative estimate of drug-likeness (QED) is 0.815. The molecule has 2 atom stereocenters. The van der Waals surface area contributed by atoms with Crippen LogP contribution >= 0.6 is 0 Å². The number of carboxylic acids is 1. The highest BCUT2D eigenvalue weighted by Crippen LogP contribution is 2.35. The molecule has 0 fully saturated rings. The summed E-state index contributed by atoms with van der Waals surface area (Å²) >= 11 is 0. The van der Waals surface area contributed by atoms with Gasteiger partial charge in [0, 0.05) is 12.2 Å². The molecule has 5 nitrogen and oxygen atoms in total. The van der Waals surface area contributed by atoms with Gasteiger partial charge in [-0.2, -0.15) is 0 Å². The number of anilines is 1. The topological polar surface area (TPSA) is 83.6 Å². The van der Waals surface area contributed by atoms with E-state index in [0.717, 1.165) is 0 Å². The number of nitrogens with zero attached hydrogens (tertiary/aromatic N) is 1. The molecule has 1 unspecified atom stereocenters. The maximum atomic E-state index is 12.0. The fourth-order valence-electron chi connectivity index (χ4n) is 2.29. The van der Waals surface area contributed by atoms with Gasteiger partial charge in [-0.15, -0.1) is 0 Å². The predicted octanol–water partition coefficient (Wildman–Crippen LogP) is 0.939. The van der Waals surface area contributed by atoms with E-state index >= 15 is 0 Å². The Morgan fingerprint density at radius 2 is 2.11 bits per heavy atom. The maximum absolute atomic E-state index is 12.0. The molecule has 1 aromatic rings. The number of para-hydroxylation sites is 1. The molecule has 96 valence electrons. The lowest BCUT2D eigenvalue weighted by molar-refractivity contribution is -0.139. The van der Waals surface area contributed by atoms with E-state index in [2.05, 4.69) is 0 Å². The Morgan fingerprint density at radius 3 is 2.72 bits per heavy atom. The van der Waals surface area contributed by atoms with Gasteiger partial charge in [-0.25, -0.2) is 0 Å². The lowest BCUT2D eigenvalue weighted by Gasteiger charge is -2.33. The largest absolute Gasteiger partial charge is 0.481 e. The summed E-state index contributed by atoms with van der Waals surface area (Å²) in [5.74, 6) is -1.57. The van der Waals surface area contributed by atoms with Crippen LogP contribution in [-0.4, -0.2) is 29.6 Å². The van der Waals surface area contributed by atoms with Crippen molar-refractivity contribution in [2.75, 3.05) is 11.4 Å². The zero-order valence-electron chi connectivity index (χ0n) is 10.2. The van der Waals surface area contributed by atoms with E-state index < -0.39 is 17.9 Å². The van der Waals surface area contributed by atoms with Gasteiger partial charge in [-0.1, -0.05) is 18.2 Å². The molecule has 1 aromatic carbocycles. The van der Waals surface area contributed by atoms with Gasteiger partial charge in [0.2, 0.25) is 5.91 Å². The minimum atomic E-state index is -0.852. The molecular weight excluding hydrogens is 232 g/mol. The van der Waals surface area contributed by atoms with Crippen LogP contribution in [0.5, 0.6) is 0 Å². The highest BCUT2D eigenvalue weighted by molar-refractivity contribution is 5.99. The summed E-state index contributed by atoms with van der Waals surface area (Å²) in [7, 11) is 0. The van der Waals surface area contributed by atoms with Crippen molar-refractivity contribution < 1.29 is 14.7 Å². The van der Waals surface area contributed by atoms with Crippen molar-refractivity contribution in [3.63, 3.8) is 0 Å². The Morgan fingerprint density at radius 1 is 1.44 bits per heavy atom. The summed E-state index contributed by atoms with van der Waals surface area (Å²) in [6.45, 7) is 2.03. The third kappa shape index (κ3) is 2.09. The van der Waals surface area contributed by atoms with Crippen molar-refractivity contribution in [1.29, 1.82) is 0 Å². The van der Waals surface area contributed by atoms with Gasteiger partial charge in [0.25, 0.3) is 0 Å². The van der Waals surface area contributed by atoms with Gasteiger partial charge in [-0.3, -0.25) is 9.59 Å². The average molecular weight is 248 g/mol. The van der Waals surface area contributed by atoms with Crippen molar-refractivity contribution in [1.82, 2.24) is 0 Å². The van der Waals surface area contributed by atoms with Gasteiger partial charge in [0.15, 0.2) is 0 Å². The summed E-state index contributed by atoms with van der Waals surface area (Å²) in [6, 6.07) is 6.53. The smallest absolute Gasteiger partial charge is 0.311 e. The minimum absolute atomic E-state index is 0.175. The number of nitrogens with two attached hydrogens (primary N) is 1. The highest BCUT2D eigenvalue weighted by Gasteiger charge is 2.32. The molecule has 18 heavy (non-hydrogen) atoms. The first-order chi connectivity index (χ1) is 8.52. The third-order valence-electron chi connectivity index (χ3n) is 3.20. The standard InChI is InChI=1S/C13H16N2O3/c1-8(14)12(16)15-7-6-10(13(17)18)9-4-2-3-5-11(9)15/h2-5,8,10H,6-7,14H2,1H3,(H,17,18)/t8-,10?/m0/s1. The van der Waals surface area contributed by atoms with Crippen LogP contribution in [-0.2, 0) is 9.59 Å². The second kappa shape index (κ2) is 4.78. The summed E-state index contributed by atoms with van der Waals surface area (Å²) in [5.41, 5.74) is 6.96. The molecule has 0 saturated carbocycles. The van der Waals surface area contributed by atoms with Crippen LogP contribution in [0.2, 0.25) is 0 Å². The molecule has 0 bridgehead atoms. The SMILES string of the molecule is C[C@H](N)C(=O)N1CCC(C(=O)O)c2ccccc21. The summed E-state index contributed by atoms with van der Waals surface area (Å²) < 4.78 is 0. The summed E-state index contributed by atoms with van der Waals surface area (Å²) in [6.07, 6.45) is 0.421. The summed E-state index contributed by atoms with van der Waals surface area (Å²) in [5, 5.41) is 9.19. The van der Waals surface area contributed by atoms with Crippen LogP contribution in [0.1, 0.15) is 24.8 Å². The Kier molecular flexibility index (Phi) is 3.34. The molecule has 0 saturated heterocycles. The van der Waals surface area contributed by atoms with Crippen LogP contribution in [0.3, 0.4) is 0 Å². The average Bonchev–Trinajstić information content (AvgIpc) is 2.36. The number of amides is 1. The Balaban J connectivity index is 2.42. The number of hydrogen-bond acceptors (Lipinski definition) is 3. The molecule has 0 radical (unpaired) electrons. The van der Waals surface area contributed by atoms with E-state index in [4.69, 9.17) is 5.73 Å². The van der Waals surface area contributed by atoms with E-state index in [1.165, 1.54) is 0 Å². The number of carbonyl (C=O) groups is 2. The number of fused-ring (bicyclic) bond motifs is 1. The molecule has 0 aromatic heterocycles. The fourth-order valence-corrected chi connectivity index (χ4v) is 2.29. The lowest BCUT2D eigenvalue weighted by atomic mass is 9.89. The second-order valence-electron chi connectivity index (χ2n) is 4.52. The normalized spacial score (nSPS) is 20.1. The highest BCUT2D eigenvalue weighted by atomic mass is 16.4. The van der Waals surface area contributed by atoms with Gasteiger partial charge in [0.05, 0.1) is 12.0 Å². The Hall–Kier alpha value is -1.88. The van der Waals surface area contributed by atoms with Crippen molar-refractivity contribution in [3.8, 4) is 0 Å². The molecule has 5 heteroatoms. The Bertz CT molecular complexity index is 485. The molecule has 3 N–H and O–H groups in total. The monoisotopic (exact) mass is 248 g/mol. The maximum Gasteiger partial charge on any atom is 0.311 e. The minimum Gasteiger partial charge on any atom is -0.481 e. The van der Waals surface area contributed by atoms with E-state index in [0.29, 0.717) is 24.2 Å². The number of benzene rings is 1. The molecule has 1 amide bonds. The van der Waals surface area contributed by atoms with Gasteiger partial charge < -0.3 is 15.7 Å². The van der Waals surface area contributed by atoms with Crippen molar-refractivity contribution in [3.05, 3.63) is 29.8 Å². The second-order valence-corrected chi connectivity index (χ2v) is 4.52. The lowest BCUT2D eigenvalue weighted by Crippen LogP contribution is -2.45. The van der Waals surface area contributed by atoms with Crippen LogP contribution in [0.15, 0.2) is 24.3 Å². The van der Waals surface area contributed by atoms with E-state index in [9.17, 15) is 14.7 Å². The predicted molar refractivity (Wildman–Crippen MR) is 67.4 cm³/mol. The van der Waals surface area contributed by atoms with Gasteiger partial charge in [0.1, 0.15) is 0 Å². The van der Waals surface area contributed by atoms with Crippen LogP contribution in [0.4, 0.5) is 5.69 Å². The van der Waals surface area contributed by atoms with Crippen molar-refractivity contribution >= 4 is 17.6 Å². The van der Waals surface area contributed by atoms with Gasteiger partial charge >= 0.3 is 5.97 Å². The molecule has 2 rings (SSSR count). The number of carboxylic acid groups (broad SMARTS) is 1. The number of aliphatic carboxylic acids is 1. The Labute approximate surface area is 105 Å². The first kappa shape index (κ1) is 12.6. The van der Waals surface area contributed by atoms with E-state index in [-0.39, 0.29) is 5.91 Å². The van der Waals surface area contributed by atoms with Crippen LogP contribution in [0, 0.1) is 0 Å². The molecule has 0 aliphatic carbocycles. The molecule has 1 aliphatic heterocycles. The van der Waals surface area contributed by atoms with Crippen molar-refractivity contribution in [2.45, 2.75) is 25.3 Å². The number of rotatable bonds is 2. The molecule has 1 aliphatic rings. The number of carbonyl (C=O) groups excluding carboxylic acids is 1. The molecule has 0 spiro atoms. The van der Waals surface area contributed by atoms with Crippen LogP contribution < -0.4 is 10.6 Å². The van der Waals surface area contributed by atoms with E-state index in [1.54, 1.807) is 36.1 Å². The first-order valence-electron chi connectivity index (χ1n) is 5.91. The van der Waals surface area contributed by atoms with E-state index in [1.807, 2.05) is 0 Å². The van der Waals surface area contributed by atoms with Gasteiger partial charge in [-0.05, 0) is 25.0 Å².